The van der Waals surface area contributed by atoms with E-state index in [4.69, 9.17) is 4.74 Å². The van der Waals surface area contributed by atoms with Crippen molar-refractivity contribution in [1.82, 2.24) is 10.2 Å². The lowest BCUT2D eigenvalue weighted by Gasteiger charge is -2.31. The Bertz CT molecular complexity index is 632. The first-order chi connectivity index (χ1) is 12.1. The van der Waals surface area contributed by atoms with Crippen molar-refractivity contribution in [2.45, 2.75) is 44.6 Å². The van der Waals surface area contributed by atoms with E-state index in [1.54, 1.807) is 0 Å². The summed E-state index contributed by atoms with van der Waals surface area (Å²) in [5, 5.41) is 6.19. The minimum absolute atomic E-state index is 0. The molecule has 3 rings (SSSR count). The number of fused-ring (bicyclic) bond motifs is 1. The average Bonchev–Trinajstić information content (AvgIpc) is 2.65. The first kappa shape index (κ1) is 20.5. The summed E-state index contributed by atoms with van der Waals surface area (Å²) in [4.78, 5) is 25.6. The third kappa shape index (κ3) is 5.35. The molecule has 0 aromatic heterocycles. The molecule has 2 amide bonds. The highest BCUT2D eigenvalue weighted by Gasteiger charge is 2.21. The van der Waals surface area contributed by atoms with Crippen LogP contribution in [0, 0.1) is 0 Å². The number of hydrogen-bond acceptors (Lipinski definition) is 4. The molecule has 0 atom stereocenters. The number of amides is 2. The molecule has 0 saturated carbocycles. The highest BCUT2D eigenvalue weighted by Crippen LogP contribution is 2.26. The van der Waals surface area contributed by atoms with E-state index in [1.165, 1.54) is 0 Å². The number of anilines is 1. The monoisotopic (exact) mass is 381 g/mol. The summed E-state index contributed by atoms with van der Waals surface area (Å²) in [5.41, 5.74) is 1.99. The van der Waals surface area contributed by atoms with Gasteiger partial charge in [0.2, 0.25) is 11.8 Å². The molecule has 0 bridgehead atoms. The summed E-state index contributed by atoms with van der Waals surface area (Å²) in [6.45, 7) is 2.51. The molecule has 2 N–H and O–H groups in total. The van der Waals surface area contributed by atoms with Crippen LogP contribution >= 0.6 is 12.4 Å². The van der Waals surface area contributed by atoms with Crippen molar-refractivity contribution in [1.29, 1.82) is 0 Å². The number of halogens is 1. The van der Waals surface area contributed by atoms with Gasteiger partial charge in [0.05, 0.1) is 6.61 Å². The Kier molecular flexibility index (Phi) is 7.72. The van der Waals surface area contributed by atoms with Gasteiger partial charge < -0.3 is 20.3 Å². The van der Waals surface area contributed by atoms with Crippen molar-refractivity contribution in [3.63, 3.8) is 0 Å². The number of rotatable bonds is 6. The van der Waals surface area contributed by atoms with Crippen LogP contribution < -0.4 is 15.4 Å². The van der Waals surface area contributed by atoms with Crippen LogP contribution in [-0.4, -0.2) is 49.5 Å². The Morgan fingerprint density at radius 3 is 2.81 bits per heavy atom. The first-order valence-corrected chi connectivity index (χ1v) is 9.15. The van der Waals surface area contributed by atoms with Gasteiger partial charge in [0.1, 0.15) is 5.75 Å². The van der Waals surface area contributed by atoms with Gasteiger partial charge in [-0.3, -0.25) is 9.59 Å². The highest BCUT2D eigenvalue weighted by atomic mass is 35.5. The summed E-state index contributed by atoms with van der Waals surface area (Å²) >= 11 is 0. The van der Waals surface area contributed by atoms with Crippen LogP contribution in [0.2, 0.25) is 0 Å². The summed E-state index contributed by atoms with van der Waals surface area (Å²) in [6, 6.07) is 6.11. The standard InChI is InChI=1S/C19H27N3O3.ClH/c1-22(15-8-10-20-11-9-15)19(24)3-2-12-25-16-5-6-17-14(13-16)4-7-18(23)21-17;/h5-6,13,15,20H,2-4,7-12H2,1H3,(H,21,23);1H. The van der Waals surface area contributed by atoms with Gasteiger partial charge in [0, 0.05) is 31.6 Å². The van der Waals surface area contributed by atoms with Crippen molar-refractivity contribution >= 4 is 29.9 Å². The van der Waals surface area contributed by atoms with E-state index in [0.29, 0.717) is 31.9 Å². The molecule has 2 heterocycles. The zero-order valence-electron chi connectivity index (χ0n) is 15.3. The number of benzene rings is 1. The second kappa shape index (κ2) is 9.78. The minimum atomic E-state index is 0. The predicted octanol–water partition coefficient (Wildman–Crippen LogP) is 2.36. The Balaban J connectivity index is 0.00000243. The summed E-state index contributed by atoms with van der Waals surface area (Å²) in [7, 11) is 1.91. The summed E-state index contributed by atoms with van der Waals surface area (Å²) < 4.78 is 5.78. The summed E-state index contributed by atoms with van der Waals surface area (Å²) in [5.74, 6) is 1.07. The number of piperidine rings is 1. The Labute approximate surface area is 161 Å². The second-order valence-electron chi connectivity index (χ2n) is 6.80. The van der Waals surface area contributed by atoms with E-state index >= 15 is 0 Å². The molecule has 7 heteroatoms. The first-order valence-electron chi connectivity index (χ1n) is 9.15. The third-order valence-corrected chi connectivity index (χ3v) is 5.03. The predicted molar refractivity (Wildman–Crippen MR) is 104 cm³/mol. The van der Waals surface area contributed by atoms with Crippen LogP contribution in [0.1, 0.15) is 37.7 Å². The van der Waals surface area contributed by atoms with E-state index in [1.807, 2.05) is 30.1 Å². The van der Waals surface area contributed by atoms with E-state index in [0.717, 1.165) is 49.4 Å². The van der Waals surface area contributed by atoms with Gasteiger partial charge in [0.25, 0.3) is 0 Å². The van der Waals surface area contributed by atoms with Crippen LogP contribution in [0.5, 0.6) is 5.75 Å². The Hall–Kier alpha value is -1.79. The molecule has 2 aliphatic heterocycles. The normalized spacial score (nSPS) is 16.9. The number of carbonyl (C=O) groups is 2. The van der Waals surface area contributed by atoms with Gasteiger partial charge in [0.15, 0.2) is 0 Å². The molecule has 0 unspecified atom stereocenters. The molecule has 144 valence electrons. The second-order valence-corrected chi connectivity index (χ2v) is 6.80. The quantitative estimate of drug-likeness (QED) is 0.742. The molecule has 1 aromatic carbocycles. The number of aryl methyl sites for hydroxylation is 1. The zero-order chi connectivity index (χ0) is 17.6. The lowest BCUT2D eigenvalue weighted by atomic mass is 10.0. The van der Waals surface area contributed by atoms with E-state index < -0.39 is 0 Å². The van der Waals surface area contributed by atoms with Gasteiger partial charge in [-0.1, -0.05) is 0 Å². The Morgan fingerprint density at radius 1 is 1.27 bits per heavy atom. The molecule has 1 saturated heterocycles. The van der Waals surface area contributed by atoms with Gasteiger partial charge in [-0.15, -0.1) is 12.4 Å². The maximum absolute atomic E-state index is 12.3. The van der Waals surface area contributed by atoms with Gasteiger partial charge >= 0.3 is 0 Å². The van der Waals surface area contributed by atoms with Gasteiger partial charge in [-0.25, -0.2) is 0 Å². The van der Waals surface area contributed by atoms with Crippen molar-refractivity contribution in [3.05, 3.63) is 23.8 Å². The summed E-state index contributed by atoms with van der Waals surface area (Å²) in [6.07, 6.45) is 4.56. The minimum Gasteiger partial charge on any atom is -0.494 e. The molecule has 1 fully saturated rings. The van der Waals surface area contributed by atoms with Gasteiger partial charge in [-0.2, -0.15) is 0 Å². The van der Waals surface area contributed by atoms with Crippen LogP contribution in [0.3, 0.4) is 0 Å². The number of carbonyl (C=O) groups excluding carboxylic acids is 2. The molecule has 2 aliphatic rings. The number of nitrogens with one attached hydrogen (secondary N) is 2. The maximum Gasteiger partial charge on any atom is 0.224 e. The average molecular weight is 382 g/mol. The van der Waals surface area contributed by atoms with Crippen molar-refractivity contribution in [3.8, 4) is 5.75 Å². The van der Waals surface area contributed by atoms with Crippen molar-refractivity contribution in [2.24, 2.45) is 0 Å². The molecular formula is C19H28ClN3O3. The van der Waals surface area contributed by atoms with E-state index in [-0.39, 0.29) is 24.2 Å². The number of hydrogen-bond donors (Lipinski definition) is 2. The van der Waals surface area contributed by atoms with Gasteiger partial charge in [-0.05, 0) is 62.5 Å². The largest absolute Gasteiger partial charge is 0.494 e. The van der Waals surface area contributed by atoms with Crippen LogP contribution in [0.25, 0.3) is 0 Å². The lowest BCUT2D eigenvalue weighted by Crippen LogP contribution is -2.43. The van der Waals surface area contributed by atoms with Crippen molar-refractivity contribution in [2.75, 3.05) is 32.1 Å². The molecule has 6 nitrogen and oxygen atoms in total. The van der Waals surface area contributed by atoms with Crippen LogP contribution in [0.15, 0.2) is 18.2 Å². The molecule has 26 heavy (non-hydrogen) atoms. The fourth-order valence-corrected chi connectivity index (χ4v) is 3.44. The fraction of sp³-hybridized carbons (Fsp3) is 0.579. The molecule has 0 spiro atoms. The third-order valence-electron chi connectivity index (χ3n) is 5.03. The van der Waals surface area contributed by atoms with Crippen molar-refractivity contribution < 1.29 is 14.3 Å². The maximum atomic E-state index is 12.3. The van der Waals surface area contributed by atoms with E-state index in [9.17, 15) is 9.59 Å². The van der Waals surface area contributed by atoms with Crippen LogP contribution in [-0.2, 0) is 16.0 Å². The fourth-order valence-electron chi connectivity index (χ4n) is 3.44. The smallest absolute Gasteiger partial charge is 0.224 e. The topological polar surface area (TPSA) is 70.7 Å². The number of nitrogens with zero attached hydrogens (tertiary/aromatic N) is 1. The molecular weight excluding hydrogens is 354 g/mol. The number of ether oxygens (including phenoxy) is 1. The van der Waals surface area contributed by atoms with E-state index in [2.05, 4.69) is 10.6 Å². The molecule has 0 radical (unpaired) electrons. The molecule has 0 aliphatic carbocycles. The molecule has 1 aromatic rings. The zero-order valence-corrected chi connectivity index (χ0v) is 16.1. The SMILES string of the molecule is CN(C(=O)CCCOc1ccc2c(c1)CCC(=O)N2)C1CCNCC1.Cl. The van der Waals surface area contributed by atoms with Crippen LogP contribution in [0.4, 0.5) is 5.69 Å². The lowest BCUT2D eigenvalue weighted by molar-refractivity contribution is -0.132. The Morgan fingerprint density at radius 2 is 2.04 bits per heavy atom. The highest BCUT2D eigenvalue weighted by molar-refractivity contribution is 5.94.